The molecule has 0 saturated heterocycles. The van der Waals surface area contributed by atoms with Crippen molar-refractivity contribution in [1.82, 2.24) is 15.0 Å². The largest absolute Gasteiger partial charge is 0.396 e. The molecule has 4 rings (SSSR count). The van der Waals surface area contributed by atoms with Gasteiger partial charge < -0.3 is 10.4 Å². The summed E-state index contributed by atoms with van der Waals surface area (Å²) in [5.41, 5.74) is 1.80. The third kappa shape index (κ3) is 2.86. The first-order valence-corrected chi connectivity index (χ1v) is 8.51. The molecule has 0 atom stereocenters. The average molecular weight is 328 g/mol. The van der Waals surface area contributed by atoms with Crippen LogP contribution in [-0.4, -0.2) is 38.9 Å². The Balaban J connectivity index is 1.57. The number of hydrogen-bond donors (Lipinski definition) is 2. The highest BCUT2D eigenvalue weighted by atomic mass is 19.1. The molecule has 6 heteroatoms. The molecule has 2 aromatic heterocycles. The normalized spacial score (nSPS) is 25.2. The fourth-order valence-corrected chi connectivity index (χ4v) is 3.69. The number of aliphatic hydroxyl groups is 1. The molecule has 1 fully saturated rings. The summed E-state index contributed by atoms with van der Waals surface area (Å²) in [6, 6.07) is 3.79. The third-order valence-corrected chi connectivity index (χ3v) is 4.99. The second kappa shape index (κ2) is 6.09. The van der Waals surface area contributed by atoms with Crippen LogP contribution in [0.15, 0.2) is 24.5 Å². The van der Waals surface area contributed by atoms with Gasteiger partial charge in [-0.25, -0.2) is 14.4 Å². The maximum atomic E-state index is 14.6. The van der Waals surface area contributed by atoms with E-state index in [2.05, 4.69) is 20.3 Å². The second-order valence-electron chi connectivity index (χ2n) is 6.88. The lowest BCUT2D eigenvalue weighted by molar-refractivity contribution is -0.00760. The van der Waals surface area contributed by atoms with E-state index in [4.69, 9.17) is 5.11 Å². The fourth-order valence-electron chi connectivity index (χ4n) is 3.69. The summed E-state index contributed by atoms with van der Waals surface area (Å²) >= 11 is 0. The number of nitrogens with zero attached hydrogens (tertiary/aromatic N) is 3. The van der Waals surface area contributed by atoms with E-state index in [1.54, 1.807) is 12.4 Å². The molecule has 1 saturated carbocycles. The minimum Gasteiger partial charge on any atom is -0.396 e. The van der Waals surface area contributed by atoms with Crippen molar-refractivity contribution in [3.05, 3.63) is 35.8 Å². The topological polar surface area (TPSA) is 70.9 Å². The van der Waals surface area contributed by atoms with E-state index in [-0.39, 0.29) is 19.1 Å². The average Bonchev–Trinajstić information content (AvgIpc) is 3.06. The van der Waals surface area contributed by atoms with Gasteiger partial charge in [0.25, 0.3) is 0 Å². The lowest BCUT2D eigenvalue weighted by atomic mass is 9.72. The van der Waals surface area contributed by atoms with Crippen molar-refractivity contribution in [2.75, 3.05) is 18.5 Å². The zero-order valence-corrected chi connectivity index (χ0v) is 13.5. The van der Waals surface area contributed by atoms with Gasteiger partial charge in [-0.05, 0) is 50.2 Å². The number of aliphatic hydroxyl groups excluding tert-OH is 1. The van der Waals surface area contributed by atoms with Gasteiger partial charge in [0.15, 0.2) is 5.82 Å². The second-order valence-corrected chi connectivity index (χ2v) is 6.88. The molecule has 0 aliphatic heterocycles. The number of aryl methyl sites for hydroxylation is 1. The number of pyridine rings is 1. The summed E-state index contributed by atoms with van der Waals surface area (Å²) in [6.07, 6.45) is 7.23. The number of nitrogens with one attached hydrogen (secondary N) is 1. The number of hydrogen-bond acceptors (Lipinski definition) is 5. The van der Waals surface area contributed by atoms with Gasteiger partial charge >= 0.3 is 0 Å². The van der Waals surface area contributed by atoms with E-state index in [0.29, 0.717) is 18.7 Å². The fraction of sp³-hybridized carbons (Fsp3) is 0.500. The third-order valence-electron chi connectivity index (χ3n) is 4.99. The molecular formula is C18H21FN4O. The van der Waals surface area contributed by atoms with Crippen LogP contribution >= 0.6 is 0 Å². The number of fused-ring (bicyclic) bond motifs is 1. The van der Waals surface area contributed by atoms with Crippen LogP contribution in [0.25, 0.3) is 11.4 Å². The summed E-state index contributed by atoms with van der Waals surface area (Å²) in [4.78, 5) is 13.4. The first kappa shape index (κ1) is 15.4. The smallest absolute Gasteiger partial charge is 0.163 e. The van der Waals surface area contributed by atoms with Crippen LogP contribution in [0.1, 0.15) is 30.5 Å². The molecule has 0 unspecified atom stereocenters. The molecular weight excluding hydrogens is 307 g/mol. The zero-order valence-electron chi connectivity index (χ0n) is 13.5. The van der Waals surface area contributed by atoms with E-state index >= 15 is 0 Å². The number of rotatable bonds is 5. The maximum Gasteiger partial charge on any atom is 0.163 e. The maximum absolute atomic E-state index is 14.6. The number of alkyl halides is 1. The number of aromatic nitrogens is 3. The highest BCUT2D eigenvalue weighted by molar-refractivity contribution is 5.60. The Morgan fingerprint density at radius 1 is 1.29 bits per heavy atom. The van der Waals surface area contributed by atoms with E-state index in [1.165, 1.54) is 0 Å². The van der Waals surface area contributed by atoms with Crippen LogP contribution in [0.5, 0.6) is 0 Å². The molecule has 0 spiro atoms. The van der Waals surface area contributed by atoms with Gasteiger partial charge in [0.05, 0.1) is 6.54 Å². The van der Waals surface area contributed by atoms with Crippen molar-refractivity contribution in [2.24, 2.45) is 5.92 Å². The molecule has 5 nitrogen and oxygen atoms in total. The van der Waals surface area contributed by atoms with Crippen LogP contribution < -0.4 is 5.32 Å². The Labute approximate surface area is 140 Å². The van der Waals surface area contributed by atoms with Gasteiger partial charge in [-0.3, -0.25) is 4.98 Å². The summed E-state index contributed by atoms with van der Waals surface area (Å²) in [7, 11) is 0. The highest BCUT2D eigenvalue weighted by Crippen LogP contribution is 2.41. The van der Waals surface area contributed by atoms with Crippen molar-refractivity contribution in [3.63, 3.8) is 0 Å². The molecule has 2 heterocycles. The summed E-state index contributed by atoms with van der Waals surface area (Å²) in [5, 5.41) is 12.3. The van der Waals surface area contributed by atoms with Crippen molar-refractivity contribution in [2.45, 2.75) is 37.8 Å². The Kier molecular flexibility index (Phi) is 3.92. The van der Waals surface area contributed by atoms with Gasteiger partial charge in [-0.2, -0.15) is 0 Å². The molecule has 0 radical (unpaired) electrons. The molecule has 0 amide bonds. The van der Waals surface area contributed by atoms with E-state index in [0.717, 1.165) is 41.9 Å². The molecule has 2 aromatic rings. The standard InChI is InChI=1S/C18H21FN4O/c19-18(7-12(8-18)10-24)11-21-17-14-4-1-5-15(14)22-16(23-17)13-3-2-6-20-9-13/h2-3,6,9,12,24H,1,4-5,7-8,10-11H2,(H,21,22,23). The molecule has 126 valence electrons. The van der Waals surface area contributed by atoms with E-state index in [9.17, 15) is 4.39 Å². The van der Waals surface area contributed by atoms with Crippen LogP contribution in [-0.2, 0) is 12.8 Å². The Bertz CT molecular complexity index is 731. The SMILES string of the molecule is OCC1CC(F)(CNc2nc(-c3cccnc3)nc3c2CCC3)C1. The minimum absolute atomic E-state index is 0.0692. The summed E-state index contributed by atoms with van der Waals surface area (Å²) in [5.74, 6) is 1.49. The molecule has 2 N–H and O–H groups in total. The molecule has 0 bridgehead atoms. The van der Waals surface area contributed by atoms with Crippen molar-refractivity contribution < 1.29 is 9.50 Å². The zero-order chi connectivity index (χ0) is 16.6. The Morgan fingerprint density at radius 3 is 2.92 bits per heavy atom. The first-order valence-electron chi connectivity index (χ1n) is 8.51. The predicted molar refractivity (Wildman–Crippen MR) is 89.4 cm³/mol. The summed E-state index contributed by atoms with van der Waals surface area (Å²) in [6.45, 7) is 0.305. The lowest BCUT2D eigenvalue weighted by Crippen LogP contribution is -2.46. The van der Waals surface area contributed by atoms with Crippen LogP contribution in [0, 0.1) is 5.92 Å². The van der Waals surface area contributed by atoms with Crippen LogP contribution in [0.3, 0.4) is 0 Å². The lowest BCUT2D eigenvalue weighted by Gasteiger charge is -2.40. The number of anilines is 1. The van der Waals surface area contributed by atoms with Gasteiger partial charge in [0.2, 0.25) is 0 Å². The number of halogens is 1. The summed E-state index contributed by atoms with van der Waals surface area (Å²) < 4.78 is 14.6. The first-order chi connectivity index (χ1) is 11.7. The van der Waals surface area contributed by atoms with Crippen molar-refractivity contribution in [3.8, 4) is 11.4 Å². The van der Waals surface area contributed by atoms with Gasteiger partial charge in [-0.15, -0.1) is 0 Å². The Hall–Kier alpha value is -2.08. The highest BCUT2D eigenvalue weighted by Gasteiger charge is 2.44. The van der Waals surface area contributed by atoms with Crippen LogP contribution in [0.4, 0.5) is 10.2 Å². The molecule has 2 aliphatic rings. The molecule has 2 aliphatic carbocycles. The van der Waals surface area contributed by atoms with Crippen LogP contribution in [0.2, 0.25) is 0 Å². The van der Waals surface area contributed by atoms with Gasteiger partial charge in [-0.1, -0.05) is 0 Å². The van der Waals surface area contributed by atoms with Gasteiger partial charge in [0.1, 0.15) is 11.5 Å². The van der Waals surface area contributed by atoms with Gasteiger partial charge in [0, 0.05) is 35.8 Å². The van der Waals surface area contributed by atoms with Crippen molar-refractivity contribution in [1.29, 1.82) is 0 Å². The Morgan fingerprint density at radius 2 is 2.17 bits per heavy atom. The van der Waals surface area contributed by atoms with E-state index in [1.807, 2.05) is 12.1 Å². The monoisotopic (exact) mass is 328 g/mol. The molecule has 24 heavy (non-hydrogen) atoms. The van der Waals surface area contributed by atoms with Crippen molar-refractivity contribution >= 4 is 5.82 Å². The molecule has 0 aromatic carbocycles. The van der Waals surface area contributed by atoms with E-state index < -0.39 is 5.67 Å². The quantitative estimate of drug-likeness (QED) is 0.883. The minimum atomic E-state index is -1.24. The predicted octanol–water partition coefficient (Wildman–Crippen LogP) is 2.55.